The number of carbonyl (C=O) groups excluding carboxylic acids is 2. The van der Waals surface area contributed by atoms with Gasteiger partial charge in [-0.1, -0.05) is 6.07 Å². The summed E-state index contributed by atoms with van der Waals surface area (Å²) in [5, 5.41) is 2.90. The molecule has 8 nitrogen and oxygen atoms in total. The van der Waals surface area contributed by atoms with Gasteiger partial charge in [0.2, 0.25) is 5.91 Å². The van der Waals surface area contributed by atoms with Crippen LogP contribution in [0.25, 0.3) is 0 Å². The van der Waals surface area contributed by atoms with Gasteiger partial charge in [0, 0.05) is 50.5 Å². The average Bonchev–Trinajstić information content (AvgIpc) is 2.83. The van der Waals surface area contributed by atoms with Gasteiger partial charge in [0.05, 0.1) is 4.90 Å². The van der Waals surface area contributed by atoms with Crippen molar-refractivity contribution in [1.29, 1.82) is 0 Å². The first kappa shape index (κ1) is 25.6. The fraction of sp³-hybridized carbons (Fsp3) is 0.417. The summed E-state index contributed by atoms with van der Waals surface area (Å²) in [7, 11) is -2.35. The van der Waals surface area contributed by atoms with E-state index in [1.807, 2.05) is 0 Å². The number of carbonyl (C=O) groups is 2. The molecule has 0 atom stereocenters. The van der Waals surface area contributed by atoms with Crippen molar-refractivity contribution in [2.75, 3.05) is 38.1 Å². The number of rotatable bonds is 9. The molecular formula is C24H30FN3O5S. The highest BCUT2D eigenvalue weighted by Gasteiger charge is 2.29. The monoisotopic (exact) mass is 491 g/mol. The standard InChI is InChI=1S/C24H30FN3O5S/c1-17-4-9-21(34(31,32)27-20-7-5-19(25)6-8-20)16-22(17)24(30)28-13-10-18(11-14-28)23(29)26-12-3-15-33-2/h4-9,16,18,27H,3,10-15H2,1-2H3,(H,26,29). The van der Waals surface area contributed by atoms with Crippen molar-refractivity contribution in [3.05, 3.63) is 59.4 Å². The Balaban J connectivity index is 1.65. The zero-order chi connectivity index (χ0) is 24.7. The zero-order valence-corrected chi connectivity index (χ0v) is 20.2. The Morgan fingerprint density at radius 3 is 2.44 bits per heavy atom. The predicted octanol–water partition coefficient (Wildman–Crippen LogP) is 2.94. The van der Waals surface area contributed by atoms with Crippen LogP contribution >= 0.6 is 0 Å². The molecule has 10 heteroatoms. The first-order chi connectivity index (χ1) is 16.2. The Bertz CT molecular complexity index is 1110. The fourth-order valence-corrected chi connectivity index (χ4v) is 4.90. The van der Waals surface area contributed by atoms with E-state index in [1.165, 1.54) is 24.3 Å². The van der Waals surface area contributed by atoms with Crippen LogP contribution in [0.2, 0.25) is 0 Å². The lowest BCUT2D eigenvalue weighted by Crippen LogP contribution is -2.43. The molecule has 3 rings (SSSR count). The Morgan fingerprint density at radius 2 is 1.79 bits per heavy atom. The molecule has 0 unspecified atom stereocenters. The maximum atomic E-state index is 13.2. The highest BCUT2D eigenvalue weighted by molar-refractivity contribution is 7.92. The number of benzene rings is 2. The lowest BCUT2D eigenvalue weighted by Gasteiger charge is -2.31. The van der Waals surface area contributed by atoms with Crippen LogP contribution in [0.15, 0.2) is 47.4 Å². The summed E-state index contributed by atoms with van der Waals surface area (Å²) in [5.41, 5.74) is 1.17. The van der Waals surface area contributed by atoms with Crippen molar-refractivity contribution < 1.29 is 27.1 Å². The van der Waals surface area contributed by atoms with Gasteiger partial charge in [-0.2, -0.15) is 0 Å². The van der Waals surface area contributed by atoms with Crippen LogP contribution in [0.1, 0.15) is 35.2 Å². The first-order valence-corrected chi connectivity index (χ1v) is 12.6. The molecule has 0 bridgehead atoms. The maximum absolute atomic E-state index is 13.2. The number of sulfonamides is 1. The molecule has 1 aliphatic rings. The molecule has 0 radical (unpaired) electrons. The highest BCUT2D eigenvalue weighted by Crippen LogP contribution is 2.24. The second-order valence-corrected chi connectivity index (χ2v) is 9.98. The molecule has 2 N–H and O–H groups in total. The number of likely N-dealkylation sites (tertiary alicyclic amines) is 1. The summed E-state index contributed by atoms with van der Waals surface area (Å²) < 4.78 is 46.1. The maximum Gasteiger partial charge on any atom is 0.261 e. The third kappa shape index (κ3) is 6.54. The van der Waals surface area contributed by atoms with Gasteiger partial charge in [0.1, 0.15) is 5.82 Å². The summed E-state index contributed by atoms with van der Waals surface area (Å²) in [4.78, 5) is 27.1. The minimum Gasteiger partial charge on any atom is -0.385 e. The van der Waals surface area contributed by atoms with Crippen LogP contribution in [-0.4, -0.2) is 58.5 Å². The van der Waals surface area contributed by atoms with Gasteiger partial charge < -0.3 is 15.0 Å². The number of hydrogen-bond donors (Lipinski definition) is 2. The fourth-order valence-electron chi connectivity index (χ4n) is 3.82. The molecular weight excluding hydrogens is 461 g/mol. The Morgan fingerprint density at radius 1 is 1.12 bits per heavy atom. The number of halogens is 1. The van der Waals surface area contributed by atoms with Crippen molar-refractivity contribution in [2.24, 2.45) is 5.92 Å². The Kier molecular flexibility index (Phi) is 8.62. The molecule has 2 aromatic carbocycles. The van der Waals surface area contributed by atoms with Gasteiger partial charge in [0.15, 0.2) is 0 Å². The van der Waals surface area contributed by atoms with Crippen molar-refractivity contribution in [2.45, 2.75) is 31.1 Å². The van der Waals surface area contributed by atoms with E-state index in [0.29, 0.717) is 50.2 Å². The summed E-state index contributed by atoms with van der Waals surface area (Å²) in [5.74, 6) is -0.910. The lowest BCUT2D eigenvalue weighted by molar-refractivity contribution is -0.126. The van der Waals surface area contributed by atoms with Crippen LogP contribution < -0.4 is 10.0 Å². The normalized spacial score (nSPS) is 14.6. The summed E-state index contributed by atoms with van der Waals surface area (Å²) >= 11 is 0. The van der Waals surface area contributed by atoms with Gasteiger partial charge in [-0.3, -0.25) is 14.3 Å². The molecule has 0 aliphatic carbocycles. The number of nitrogens with one attached hydrogen (secondary N) is 2. The quantitative estimate of drug-likeness (QED) is 0.525. The van der Waals surface area contributed by atoms with E-state index in [0.717, 1.165) is 18.6 Å². The third-order valence-corrected chi connectivity index (χ3v) is 7.20. The van der Waals surface area contributed by atoms with E-state index in [1.54, 1.807) is 25.0 Å². The largest absolute Gasteiger partial charge is 0.385 e. The zero-order valence-electron chi connectivity index (χ0n) is 19.3. The second kappa shape index (κ2) is 11.4. The molecule has 2 amide bonds. The van der Waals surface area contributed by atoms with Crippen molar-refractivity contribution >= 4 is 27.5 Å². The molecule has 0 spiro atoms. The van der Waals surface area contributed by atoms with Crippen LogP contribution in [0, 0.1) is 18.7 Å². The minimum absolute atomic E-state index is 0.0145. The smallest absolute Gasteiger partial charge is 0.261 e. The Hall–Kier alpha value is -2.98. The van der Waals surface area contributed by atoms with Crippen molar-refractivity contribution in [3.8, 4) is 0 Å². The number of amides is 2. The number of anilines is 1. The number of hydrogen-bond acceptors (Lipinski definition) is 5. The van der Waals surface area contributed by atoms with Gasteiger partial charge in [0.25, 0.3) is 15.9 Å². The lowest BCUT2D eigenvalue weighted by atomic mass is 9.95. The van der Waals surface area contributed by atoms with E-state index in [-0.39, 0.29) is 28.3 Å². The molecule has 1 heterocycles. The molecule has 2 aromatic rings. The van der Waals surface area contributed by atoms with E-state index >= 15 is 0 Å². The van der Waals surface area contributed by atoms with E-state index < -0.39 is 15.8 Å². The molecule has 1 aliphatic heterocycles. The van der Waals surface area contributed by atoms with Gasteiger partial charge in [-0.15, -0.1) is 0 Å². The number of aryl methyl sites for hydroxylation is 1. The first-order valence-electron chi connectivity index (χ1n) is 11.2. The van der Waals surface area contributed by atoms with Crippen LogP contribution in [0.3, 0.4) is 0 Å². The highest BCUT2D eigenvalue weighted by atomic mass is 32.2. The van der Waals surface area contributed by atoms with Crippen LogP contribution in [-0.2, 0) is 19.6 Å². The van der Waals surface area contributed by atoms with E-state index in [9.17, 15) is 22.4 Å². The summed E-state index contributed by atoms with van der Waals surface area (Å²) in [6.07, 6.45) is 1.84. The number of methoxy groups -OCH3 is 1. The van der Waals surface area contributed by atoms with Gasteiger partial charge in [-0.25, -0.2) is 12.8 Å². The van der Waals surface area contributed by atoms with Crippen LogP contribution in [0.4, 0.5) is 10.1 Å². The van der Waals surface area contributed by atoms with Crippen molar-refractivity contribution in [1.82, 2.24) is 10.2 Å². The number of ether oxygens (including phenoxy) is 1. The number of piperidine rings is 1. The molecule has 0 aromatic heterocycles. The topological polar surface area (TPSA) is 105 Å². The minimum atomic E-state index is -3.97. The van der Waals surface area contributed by atoms with Crippen LogP contribution in [0.5, 0.6) is 0 Å². The summed E-state index contributed by atoms with van der Waals surface area (Å²) in [6.45, 7) is 3.72. The molecule has 184 valence electrons. The molecule has 34 heavy (non-hydrogen) atoms. The average molecular weight is 492 g/mol. The SMILES string of the molecule is COCCCNC(=O)C1CCN(C(=O)c2cc(S(=O)(=O)Nc3ccc(F)cc3)ccc2C)CC1. The van der Waals surface area contributed by atoms with E-state index in [4.69, 9.17) is 4.74 Å². The van der Waals surface area contributed by atoms with E-state index in [2.05, 4.69) is 10.0 Å². The molecule has 1 fully saturated rings. The summed E-state index contributed by atoms with van der Waals surface area (Å²) in [6, 6.07) is 9.34. The Labute approximate surface area is 199 Å². The molecule has 1 saturated heterocycles. The van der Waals surface area contributed by atoms with Crippen molar-refractivity contribution in [3.63, 3.8) is 0 Å². The third-order valence-electron chi connectivity index (χ3n) is 5.82. The number of nitrogens with zero attached hydrogens (tertiary/aromatic N) is 1. The molecule has 0 saturated carbocycles. The predicted molar refractivity (Wildman–Crippen MR) is 127 cm³/mol. The van der Waals surface area contributed by atoms with Gasteiger partial charge in [-0.05, 0) is 68.1 Å². The van der Waals surface area contributed by atoms with Gasteiger partial charge >= 0.3 is 0 Å². The second-order valence-electron chi connectivity index (χ2n) is 8.29.